The van der Waals surface area contributed by atoms with Gasteiger partial charge in [-0.15, -0.1) is 0 Å². The van der Waals surface area contributed by atoms with Crippen LogP contribution in [-0.4, -0.2) is 13.6 Å². The van der Waals surface area contributed by atoms with Gasteiger partial charge in [0.1, 0.15) is 0 Å². The van der Waals surface area contributed by atoms with Gasteiger partial charge in [-0.3, -0.25) is 0 Å². The Morgan fingerprint density at radius 3 is 2.43 bits per heavy atom. The van der Waals surface area contributed by atoms with Gasteiger partial charge < -0.3 is 5.32 Å². The maximum atomic E-state index is 3.34. The Morgan fingerprint density at radius 2 is 1.93 bits per heavy atom. The molecular weight excluding hydrogens is 170 g/mol. The highest BCUT2D eigenvalue weighted by Gasteiger charge is 2.29. The molecule has 0 bridgehead atoms. The second-order valence-electron chi connectivity index (χ2n) is 5.43. The Bertz CT molecular complexity index is 145. The van der Waals surface area contributed by atoms with Crippen molar-refractivity contribution in [2.45, 2.75) is 58.8 Å². The minimum Gasteiger partial charge on any atom is -0.319 e. The monoisotopic (exact) mass is 197 g/mol. The molecule has 0 atom stereocenters. The van der Waals surface area contributed by atoms with Gasteiger partial charge in [-0.05, 0) is 44.1 Å². The lowest BCUT2D eigenvalue weighted by atomic mass is 9.70. The summed E-state index contributed by atoms with van der Waals surface area (Å²) in [6.45, 7) is 5.95. The van der Waals surface area contributed by atoms with Crippen LogP contribution in [-0.2, 0) is 0 Å². The molecule has 1 saturated carbocycles. The van der Waals surface area contributed by atoms with E-state index in [1.807, 2.05) is 0 Å². The van der Waals surface area contributed by atoms with Crippen LogP contribution < -0.4 is 5.32 Å². The van der Waals surface area contributed by atoms with Crippen LogP contribution >= 0.6 is 0 Å². The van der Waals surface area contributed by atoms with E-state index in [2.05, 4.69) is 26.2 Å². The number of unbranched alkanes of at least 4 members (excludes halogenated alkanes) is 1. The Morgan fingerprint density at radius 1 is 1.29 bits per heavy atom. The molecule has 0 aromatic carbocycles. The lowest BCUT2D eigenvalue weighted by Gasteiger charge is -2.37. The number of nitrogens with one attached hydrogen (secondary N) is 1. The van der Waals surface area contributed by atoms with Crippen LogP contribution in [0.2, 0.25) is 0 Å². The third-order valence-corrected chi connectivity index (χ3v) is 3.88. The maximum Gasteiger partial charge on any atom is 0.000216 e. The molecule has 84 valence electrons. The van der Waals surface area contributed by atoms with Gasteiger partial charge in [0.05, 0.1) is 0 Å². The molecule has 0 unspecified atom stereocenters. The Kier molecular flexibility index (Phi) is 4.94. The molecule has 0 radical (unpaired) electrons. The molecule has 0 aromatic rings. The van der Waals surface area contributed by atoms with E-state index >= 15 is 0 Å². The summed E-state index contributed by atoms with van der Waals surface area (Å²) in [7, 11) is 2.08. The summed E-state index contributed by atoms with van der Waals surface area (Å²) < 4.78 is 0. The first kappa shape index (κ1) is 12.0. The average Bonchev–Trinajstić information content (AvgIpc) is 2.17. The fourth-order valence-corrected chi connectivity index (χ4v) is 2.76. The summed E-state index contributed by atoms with van der Waals surface area (Å²) in [5, 5.41) is 3.34. The fraction of sp³-hybridized carbons (Fsp3) is 1.00. The van der Waals surface area contributed by atoms with Crippen molar-refractivity contribution in [3.8, 4) is 0 Å². The minimum absolute atomic E-state index is 0.595. The lowest BCUT2D eigenvalue weighted by molar-refractivity contribution is 0.162. The molecule has 0 aromatic heterocycles. The summed E-state index contributed by atoms with van der Waals surface area (Å²) in [5.74, 6) is 1.04. The summed E-state index contributed by atoms with van der Waals surface area (Å²) in [4.78, 5) is 0. The second kappa shape index (κ2) is 5.75. The molecule has 1 rings (SSSR count). The zero-order chi connectivity index (χ0) is 10.4. The second-order valence-corrected chi connectivity index (χ2v) is 5.43. The van der Waals surface area contributed by atoms with E-state index in [0.717, 1.165) is 5.92 Å². The van der Waals surface area contributed by atoms with Crippen molar-refractivity contribution in [2.24, 2.45) is 11.3 Å². The molecule has 1 N–H and O–H groups in total. The molecule has 1 heteroatoms. The highest BCUT2D eigenvalue weighted by Crippen LogP contribution is 2.39. The largest absolute Gasteiger partial charge is 0.319 e. The molecule has 14 heavy (non-hydrogen) atoms. The van der Waals surface area contributed by atoms with Crippen molar-refractivity contribution in [1.29, 1.82) is 0 Å². The van der Waals surface area contributed by atoms with Crippen LogP contribution in [0.4, 0.5) is 0 Å². The fourth-order valence-electron chi connectivity index (χ4n) is 2.76. The number of hydrogen-bond acceptors (Lipinski definition) is 1. The molecule has 1 nitrogen and oxygen atoms in total. The molecule has 0 heterocycles. The standard InChI is InChI=1S/C13H27N/c1-4-5-6-12-7-9-13(2,10-8-12)11-14-3/h12,14H,4-11H2,1-3H3. The van der Waals surface area contributed by atoms with E-state index < -0.39 is 0 Å². The van der Waals surface area contributed by atoms with Crippen molar-refractivity contribution < 1.29 is 0 Å². The van der Waals surface area contributed by atoms with Gasteiger partial charge in [0.15, 0.2) is 0 Å². The average molecular weight is 197 g/mol. The van der Waals surface area contributed by atoms with Crippen LogP contribution in [0.5, 0.6) is 0 Å². The topological polar surface area (TPSA) is 12.0 Å². The smallest absolute Gasteiger partial charge is 0.000216 e. The van der Waals surface area contributed by atoms with Crippen molar-refractivity contribution in [1.82, 2.24) is 5.32 Å². The SMILES string of the molecule is CCCCC1CCC(C)(CNC)CC1. The minimum atomic E-state index is 0.595. The van der Waals surface area contributed by atoms with Crippen LogP contribution in [0.3, 0.4) is 0 Å². The first-order chi connectivity index (χ1) is 6.70. The van der Waals surface area contributed by atoms with E-state index in [1.54, 1.807) is 0 Å². The normalized spacial score (nSPS) is 33.2. The van der Waals surface area contributed by atoms with Crippen molar-refractivity contribution in [3.05, 3.63) is 0 Å². The van der Waals surface area contributed by atoms with Crippen molar-refractivity contribution in [3.63, 3.8) is 0 Å². The highest BCUT2D eigenvalue weighted by molar-refractivity contribution is 4.83. The quantitative estimate of drug-likeness (QED) is 0.710. The summed E-state index contributed by atoms with van der Waals surface area (Å²) in [6.07, 6.45) is 10.1. The summed E-state index contributed by atoms with van der Waals surface area (Å²) in [6, 6.07) is 0. The lowest BCUT2D eigenvalue weighted by Crippen LogP contribution is -2.33. The van der Waals surface area contributed by atoms with Crippen LogP contribution in [0.1, 0.15) is 58.8 Å². The zero-order valence-corrected chi connectivity index (χ0v) is 10.2. The molecular formula is C13H27N. The molecule has 1 aliphatic rings. The van der Waals surface area contributed by atoms with E-state index in [0.29, 0.717) is 5.41 Å². The van der Waals surface area contributed by atoms with Crippen LogP contribution in [0, 0.1) is 11.3 Å². The highest BCUT2D eigenvalue weighted by atomic mass is 14.8. The van der Waals surface area contributed by atoms with Crippen molar-refractivity contribution in [2.75, 3.05) is 13.6 Å². The van der Waals surface area contributed by atoms with E-state index in [1.165, 1.54) is 51.5 Å². The predicted octanol–water partition coefficient (Wildman–Crippen LogP) is 3.59. The Balaban J connectivity index is 2.23. The number of rotatable bonds is 5. The van der Waals surface area contributed by atoms with E-state index in [-0.39, 0.29) is 0 Å². The van der Waals surface area contributed by atoms with Gasteiger partial charge in [0.2, 0.25) is 0 Å². The van der Waals surface area contributed by atoms with Gasteiger partial charge >= 0.3 is 0 Å². The Labute approximate surface area is 89.7 Å². The summed E-state index contributed by atoms with van der Waals surface area (Å²) >= 11 is 0. The third kappa shape index (κ3) is 3.61. The first-order valence-corrected chi connectivity index (χ1v) is 6.35. The third-order valence-electron chi connectivity index (χ3n) is 3.88. The van der Waals surface area contributed by atoms with Gasteiger partial charge in [0.25, 0.3) is 0 Å². The van der Waals surface area contributed by atoms with E-state index in [4.69, 9.17) is 0 Å². The number of hydrogen-bond donors (Lipinski definition) is 1. The zero-order valence-electron chi connectivity index (χ0n) is 10.2. The van der Waals surface area contributed by atoms with Gasteiger partial charge in [-0.1, -0.05) is 33.1 Å². The Hall–Kier alpha value is -0.0400. The van der Waals surface area contributed by atoms with Crippen LogP contribution in [0.15, 0.2) is 0 Å². The molecule has 0 aliphatic heterocycles. The molecule has 0 spiro atoms. The molecule has 1 aliphatic carbocycles. The van der Waals surface area contributed by atoms with Gasteiger partial charge in [-0.25, -0.2) is 0 Å². The van der Waals surface area contributed by atoms with Crippen molar-refractivity contribution >= 4 is 0 Å². The van der Waals surface area contributed by atoms with Crippen LogP contribution in [0.25, 0.3) is 0 Å². The predicted molar refractivity (Wildman–Crippen MR) is 63.5 cm³/mol. The maximum absolute atomic E-state index is 3.34. The van der Waals surface area contributed by atoms with Gasteiger partial charge in [0, 0.05) is 6.54 Å². The molecule has 1 fully saturated rings. The van der Waals surface area contributed by atoms with E-state index in [9.17, 15) is 0 Å². The molecule has 0 amide bonds. The van der Waals surface area contributed by atoms with Gasteiger partial charge in [-0.2, -0.15) is 0 Å². The summed E-state index contributed by atoms with van der Waals surface area (Å²) in [5.41, 5.74) is 0.595. The molecule has 0 saturated heterocycles. The first-order valence-electron chi connectivity index (χ1n) is 6.35.